The predicted molar refractivity (Wildman–Crippen MR) is 51.1 cm³/mol. The van der Waals surface area contributed by atoms with Crippen LogP contribution in [0.3, 0.4) is 0 Å². The van der Waals surface area contributed by atoms with Gasteiger partial charge in [0.1, 0.15) is 0 Å². The second-order valence-corrected chi connectivity index (χ2v) is 4.01. The summed E-state index contributed by atoms with van der Waals surface area (Å²) < 4.78 is 0. The van der Waals surface area contributed by atoms with Gasteiger partial charge in [-0.1, -0.05) is 0 Å². The average molecular weight is 182 g/mol. The highest BCUT2D eigenvalue weighted by Gasteiger charge is 2.25. The van der Waals surface area contributed by atoms with Crippen molar-refractivity contribution < 1.29 is 5.11 Å². The van der Waals surface area contributed by atoms with Gasteiger partial charge in [-0.2, -0.15) is 5.26 Å². The molecule has 1 aliphatic heterocycles. The van der Waals surface area contributed by atoms with Gasteiger partial charge in [-0.05, 0) is 33.2 Å². The summed E-state index contributed by atoms with van der Waals surface area (Å²) >= 11 is 0. The maximum absolute atomic E-state index is 9.60. The van der Waals surface area contributed by atoms with Crippen LogP contribution in [-0.2, 0) is 0 Å². The van der Waals surface area contributed by atoms with Crippen LogP contribution in [0.4, 0.5) is 0 Å². The van der Waals surface area contributed by atoms with Crippen molar-refractivity contribution in [2.24, 2.45) is 5.92 Å². The molecule has 2 atom stereocenters. The van der Waals surface area contributed by atoms with E-state index in [1.54, 1.807) is 0 Å². The second-order valence-electron chi connectivity index (χ2n) is 4.01. The summed E-state index contributed by atoms with van der Waals surface area (Å²) in [6.07, 6.45) is 1.11. The van der Waals surface area contributed by atoms with Crippen molar-refractivity contribution >= 4 is 0 Å². The van der Waals surface area contributed by atoms with Gasteiger partial charge in [0.05, 0.1) is 18.1 Å². The first-order valence-corrected chi connectivity index (χ1v) is 4.97. The Labute approximate surface area is 80.0 Å². The maximum atomic E-state index is 9.60. The van der Waals surface area contributed by atoms with Crippen LogP contribution in [0.2, 0.25) is 0 Å². The van der Waals surface area contributed by atoms with Crippen molar-refractivity contribution in [1.82, 2.24) is 4.90 Å². The van der Waals surface area contributed by atoms with Crippen LogP contribution in [0, 0.1) is 17.2 Å². The Hall–Kier alpha value is -0.590. The van der Waals surface area contributed by atoms with E-state index in [0.29, 0.717) is 6.04 Å². The first-order valence-electron chi connectivity index (χ1n) is 4.97. The Kier molecular flexibility index (Phi) is 3.71. The third-order valence-electron chi connectivity index (χ3n) is 2.80. The number of nitrogens with zero attached hydrogens (tertiary/aromatic N) is 2. The van der Waals surface area contributed by atoms with Crippen LogP contribution >= 0.6 is 0 Å². The number of rotatable bonds is 1. The van der Waals surface area contributed by atoms with Gasteiger partial charge in [0.2, 0.25) is 0 Å². The summed E-state index contributed by atoms with van der Waals surface area (Å²) in [6, 6.07) is 2.69. The van der Waals surface area contributed by atoms with Gasteiger partial charge in [-0.3, -0.25) is 0 Å². The molecule has 1 heterocycles. The van der Waals surface area contributed by atoms with E-state index in [0.717, 1.165) is 25.9 Å². The normalized spacial score (nSPS) is 31.3. The number of nitriles is 1. The Morgan fingerprint density at radius 3 is 2.54 bits per heavy atom. The smallest absolute Gasteiger partial charge is 0.0735 e. The summed E-state index contributed by atoms with van der Waals surface area (Å²) in [5, 5.41) is 18.4. The number of aliphatic hydroxyl groups is 1. The molecule has 1 saturated heterocycles. The SMILES string of the molecule is CC(C)N1CC[C@@H](O)[C@@H](C#N)CC1. The van der Waals surface area contributed by atoms with E-state index in [1.165, 1.54) is 0 Å². The zero-order valence-corrected chi connectivity index (χ0v) is 8.40. The molecule has 0 bridgehead atoms. The molecule has 13 heavy (non-hydrogen) atoms. The lowest BCUT2D eigenvalue weighted by Gasteiger charge is -2.23. The van der Waals surface area contributed by atoms with Crippen molar-refractivity contribution in [3.63, 3.8) is 0 Å². The molecule has 3 nitrogen and oxygen atoms in total. The van der Waals surface area contributed by atoms with E-state index < -0.39 is 6.10 Å². The molecule has 0 aromatic carbocycles. The molecule has 0 aromatic rings. The van der Waals surface area contributed by atoms with E-state index >= 15 is 0 Å². The van der Waals surface area contributed by atoms with Gasteiger partial charge in [-0.25, -0.2) is 0 Å². The Balaban J connectivity index is 2.52. The van der Waals surface area contributed by atoms with Crippen LogP contribution in [0.25, 0.3) is 0 Å². The van der Waals surface area contributed by atoms with E-state index in [1.807, 2.05) is 0 Å². The molecule has 1 aliphatic rings. The summed E-state index contributed by atoms with van der Waals surface area (Å²) in [5.74, 6) is -0.163. The molecule has 74 valence electrons. The number of likely N-dealkylation sites (tertiary alicyclic amines) is 1. The molecule has 0 radical (unpaired) electrons. The van der Waals surface area contributed by atoms with Crippen LogP contribution in [0.5, 0.6) is 0 Å². The van der Waals surface area contributed by atoms with Crippen LogP contribution < -0.4 is 0 Å². The zero-order valence-electron chi connectivity index (χ0n) is 8.40. The summed E-state index contributed by atoms with van der Waals surface area (Å²) in [4.78, 5) is 2.32. The van der Waals surface area contributed by atoms with Gasteiger partial charge in [0, 0.05) is 12.6 Å². The first-order chi connectivity index (χ1) is 6.15. The quantitative estimate of drug-likeness (QED) is 0.658. The number of aliphatic hydroxyl groups excluding tert-OH is 1. The first kappa shape index (κ1) is 10.5. The Bertz CT molecular complexity index is 198. The Morgan fingerprint density at radius 2 is 2.00 bits per heavy atom. The largest absolute Gasteiger partial charge is 0.392 e. The molecule has 0 saturated carbocycles. The van der Waals surface area contributed by atoms with Crippen molar-refractivity contribution in [1.29, 1.82) is 5.26 Å². The van der Waals surface area contributed by atoms with Gasteiger partial charge in [-0.15, -0.1) is 0 Å². The van der Waals surface area contributed by atoms with Gasteiger partial charge < -0.3 is 10.0 Å². The second kappa shape index (κ2) is 4.59. The monoisotopic (exact) mass is 182 g/mol. The molecule has 0 aromatic heterocycles. The lowest BCUT2D eigenvalue weighted by atomic mass is 10.00. The van der Waals surface area contributed by atoms with E-state index in [-0.39, 0.29) is 5.92 Å². The molecule has 3 heteroatoms. The topological polar surface area (TPSA) is 47.3 Å². The highest BCUT2D eigenvalue weighted by atomic mass is 16.3. The minimum Gasteiger partial charge on any atom is -0.392 e. The molecular weight excluding hydrogens is 164 g/mol. The fourth-order valence-electron chi connectivity index (χ4n) is 1.78. The molecule has 0 amide bonds. The molecule has 1 fully saturated rings. The molecule has 0 aliphatic carbocycles. The fourth-order valence-corrected chi connectivity index (χ4v) is 1.78. The van der Waals surface area contributed by atoms with Crippen molar-refractivity contribution in [3.8, 4) is 6.07 Å². The van der Waals surface area contributed by atoms with Crippen molar-refractivity contribution in [2.75, 3.05) is 13.1 Å². The lowest BCUT2D eigenvalue weighted by molar-refractivity contribution is 0.126. The van der Waals surface area contributed by atoms with Crippen molar-refractivity contribution in [2.45, 2.75) is 38.8 Å². The highest BCUT2D eigenvalue weighted by Crippen LogP contribution is 2.18. The average Bonchev–Trinajstić information content (AvgIpc) is 2.27. The standard InChI is InChI=1S/C10H18N2O/c1-8(2)12-5-3-9(7-11)10(13)4-6-12/h8-10,13H,3-6H2,1-2H3/t9-,10-/m1/s1. The van der Waals surface area contributed by atoms with Crippen LogP contribution in [0.1, 0.15) is 26.7 Å². The zero-order chi connectivity index (χ0) is 9.84. The third kappa shape index (κ3) is 2.68. The fraction of sp³-hybridized carbons (Fsp3) is 0.900. The minimum absolute atomic E-state index is 0.163. The third-order valence-corrected chi connectivity index (χ3v) is 2.80. The van der Waals surface area contributed by atoms with Gasteiger partial charge in [0.15, 0.2) is 0 Å². The molecule has 1 rings (SSSR count). The summed E-state index contributed by atoms with van der Waals surface area (Å²) in [6.45, 7) is 6.15. The minimum atomic E-state index is -0.422. The van der Waals surface area contributed by atoms with Gasteiger partial charge >= 0.3 is 0 Å². The molecular formula is C10H18N2O. The predicted octanol–water partition coefficient (Wildman–Crippen LogP) is 0.991. The molecule has 0 unspecified atom stereocenters. The molecule has 0 spiro atoms. The van der Waals surface area contributed by atoms with Crippen LogP contribution in [0.15, 0.2) is 0 Å². The number of hydrogen-bond donors (Lipinski definition) is 1. The Morgan fingerprint density at radius 1 is 1.38 bits per heavy atom. The maximum Gasteiger partial charge on any atom is 0.0735 e. The van der Waals surface area contributed by atoms with E-state index in [2.05, 4.69) is 24.8 Å². The summed E-state index contributed by atoms with van der Waals surface area (Å²) in [7, 11) is 0. The van der Waals surface area contributed by atoms with Gasteiger partial charge in [0.25, 0.3) is 0 Å². The van der Waals surface area contributed by atoms with E-state index in [9.17, 15) is 5.11 Å². The summed E-state index contributed by atoms with van der Waals surface area (Å²) in [5.41, 5.74) is 0. The molecule has 1 N–H and O–H groups in total. The number of hydrogen-bond acceptors (Lipinski definition) is 3. The van der Waals surface area contributed by atoms with Crippen LogP contribution in [-0.4, -0.2) is 35.2 Å². The lowest BCUT2D eigenvalue weighted by Crippen LogP contribution is -2.31. The van der Waals surface area contributed by atoms with Crippen molar-refractivity contribution in [3.05, 3.63) is 0 Å². The highest BCUT2D eigenvalue weighted by molar-refractivity contribution is 4.91. The van der Waals surface area contributed by atoms with E-state index in [4.69, 9.17) is 5.26 Å².